The van der Waals surface area contributed by atoms with Gasteiger partial charge in [0.05, 0.1) is 0 Å². The highest BCUT2D eigenvalue weighted by molar-refractivity contribution is 7.14. The van der Waals surface area contributed by atoms with E-state index in [0.29, 0.717) is 12.2 Å². The summed E-state index contributed by atoms with van der Waals surface area (Å²) < 4.78 is 18.1. The lowest BCUT2D eigenvalue weighted by Gasteiger charge is -2.20. The number of nitrogens with zero attached hydrogens (tertiary/aromatic N) is 2. The molecule has 0 saturated heterocycles. The highest BCUT2D eigenvalue weighted by atomic mass is 32.1. The Morgan fingerprint density at radius 1 is 1.19 bits per heavy atom. The van der Waals surface area contributed by atoms with Gasteiger partial charge < -0.3 is 9.64 Å². The summed E-state index contributed by atoms with van der Waals surface area (Å²) in [6, 6.07) is 7.49. The van der Waals surface area contributed by atoms with E-state index >= 15 is 0 Å². The van der Waals surface area contributed by atoms with E-state index in [-0.39, 0.29) is 17.4 Å². The SMILES string of the molecule is CCN(C(=O)COC(=O)c1csc(-c2ccsc2)n1)c1ccc(F)cc1. The molecule has 0 saturated carbocycles. The van der Waals surface area contributed by atoms with Crippen LogP contribution in [0.5, 0.6) is 0 Å². The number of aromatic nitrogens is 1. The number of rotatable bonds is 6. The molecular weight excluding hydrogens is 375 g/mol. The lowest BCUT2D eigenvalue weighted by Crippen LogP contribution is -2.34. The highest BCUT2D eigenvalue weighted by Crippen LogP contribution is 2.26. The molecule has 3 aromatic rings. The van der Waals surface area contributed by atoms with Gasteiger partial charge in [0.1, 0.15) is 10.8 Å². The van der Waals surface area contributed by atoms with Crippen LogP contribution in [0.2, 0.25) is 0 Å². The summed E-state index contributed by atoms with van der Waals surface area (Å²) in [5.41, 5.74) is 1.67. The normalized spacial score (nSPS) is 10.5. The summed E-state index contributed by atoms with van der Waals surface area (Å²) in [5.74, 6) is -1.42. The topological polar surface area (TPSA) is 59.5 Å². The molecule has 1 amide bonds. The van der Waals surface area contributed by atoms with Crippen molar-refractivity contribution in [3.63, 3.8) is 0 Å². The van der Waals surface area contributed by atoms with Crippen molar-refractivity contribution < 1.29 is 18.7 Å². The maximum Gasteiger partial charge on any atom is 0.358 e. The van der Waals surface area contributed by atoms with Gasteiger partial charge in [-0.3, -0.25) is 4.79 Å². The van der Waals surface area contributed by atoms with Gasteiger partial charge in [0.15, 0.2) is 12.3 Å². The van der Waals surface area contributed by atoms with Crippen molar-refractivity contribution in [3.05, 3.63) is 58.0 Å². The van der Waals surface area contributed by atoms with Crippen LogP contribution in [0.4, 0.5) is 10.1 Å². The molecule has 2 heterocycles. The van der Waals surface area contributed by atoms with Gasteiger partial charge in [0.25, 0.3) is 5.91 Å². The third kappa shape index (κ3) is 4.14. The van der Waals surface area contributed by atoms with E-state index in [2.05, 4.69) is 4.98 Å². The molecule has 1 aromatic carbocycles. The van der Waals surface area contributed by atoms with Crippen molar-refractivity contribution in [3.8, 4) is 10.6 Å². The Bertz CT molecular complexity index is 892. The molecule has 0 aliphatic heterocycles. The van der Waals surface area contributed by atoms with Crippen molar-refractivity contribution >= 4 is 40.2 Å². The number of ether oxygens (including phenoxy) is 1. The third-order valence-corrected chi connectivity index (χ3v) is 5.14. The predicted molar refractivity (Wildman–Crippen MR) is 100 cm³/mol. The van der Waals surface area contributed by atoms with Crippen LogP contribution in [-0.2, 0) is 9.53 Å². The molecule has 0 aliphatic carbocycles. The fourth-order valence-electron chi connectivity index (χ4n) is 2.29. The number of hydrogen-bond donors (Lipinski definition) is 0. The van der Waals surface area contributed by atoms with E-state index in [1.54, 1.807) is 23.6 Å². The number of esters is 1. The molecule has 3 rings (SSSR count). The monoisotopic (exact) mass is 390 g/mol. The average molecular weight is 390 g/mol. The third-order valence-electron chi connectivity index (χ3n) is 3.56. The number of thiophene rings is 1. The van der Waals surface area contributed by atoms with Crippen molar-refractivity contribution in [2.45, 2.75) is 6.92 Å². The van der Waals surface area contributed by atoms with E-state index in [1.165, 1.54) is 40.5 Å². The molecule has 0 unspecified atom stereocenters. The van der Waals surface area contributed by atoms with Gasteiger partial charge in [0.2, 0.25) is 0 Å². The molecule has 0 atom stereocenters. The molecule has 8 heteroatoms. The number of halogens is 1. The second kappa shape index (κ2) is 8.20. The zero-order chi connectivity index (χ0) is 18.5. The Morgan fingerprint density at radius 2 is 1.96 bits per heavy atom. The maximum atomic E-state index is 13.0. The van der Waals surface area contributed by atoms with Crippen LogP contribution in [0.15, 0.2) is 46.5 Å². The first-order valence-electron chi connectivity index (χ1n) is 7.79. The fourth-order valence-corrected chi connectivity index (χ4v) is 3.79. The van der Waals surface area contributed by atoms with Gasteiger partial charge >= 0.3 is 5.97 Å². The maximum absolute atomic E-state index is 13.0. The summed E-state index contributed by atoms with van der Waals surface area (Å²) >= 11 is 2.89. The van der Waals surface area contributed by atoms with Gasteiger partial charge in [-0.25, -0.2) is 14.2 Å². The van der Waals surface area contributed by atoms with E-state index < -0.39 is 12.6 Å². The van der Waals surface area contributed by atoms with Gasteiger partial charge in [0, 0.05) is 28.6 Å². The van der Waals surface area contributed by atoms with E-state index in [4.69, 9.17) is 4.74 Å². The Kier molecular flexibility index (Phi) is 5.75. The zero-order valence-corrected chi connectivity index (χ0v) is 15.5. The molecule has 0 N–H and O–H groups in total. The van der Waals surface area contributed by atoms with Crippen LogP contribution in [-0.4, -0.2) is 30.0 Å². The van der Waals surface area contributed by atoms with E-state index in [1.807, 2.05) is 16.8 Å². The molecule has 0 radical (unpaired) electrons. The number of benzene rings is 1. The van der Waals surface area contributed by atoms with Gasteiger partial charge in [-0.15, -0.1) is 11.3 Å². The average Bonchev–Trinajstić information content (AvgIpc) is 3.33. The molecule has 0 fully saturated rings. The summed E-state index contributed by atoms with van der Waals surface area (Å²) in [7, 11) is 0. The minimum Gasteiger partial charge on any atom is -0.451 e. The zero-order valence-electron chi connectivity index (χ0n) is 13.8. The Hall–Kier alpha value is -2.58. The van der Waals surface area contributed by atoms with Crippen LogP contribution < -0.4 is 4.90 Å². The van der Waals surface area contributed by atoms with Crippen molar-refractivity contribution in [1.29, 1.82) is 0 Å². The van der Waals surface area contributed by atoms with E-state index in [9.17, 15) is 14.0 Å². The van der Waals surface area contributed by atoms with Crippen LogP contribution >= 0.6 is 22.7 Å². The first-order valence-corrected chi connectivity index (χ1v) is 9.62. The smallest absolute Gasteiger partial charge is 0.358 e. The lowest BCUT2D eigenvalue weighted by molar-refractivity contribution is -0.121. The number of thiazole rings is 1. The highest BCUT2D eigenvalue weighted by Gasteiger charge is 2.19. The second-order valence-electron chi connectivity index (χ2n) is 5.24. The molecule has 0 spiro atoms. The minimum absolute atomic E-state index is 0.175. The summed E-state index contributed by atoms with van der Waals surface area (Å²) in [6.07, 6.45) is 0. The quantitative estimate of drug-likeness (QED) is 0.591. The van der Waals surface area contributed by atoms with Crippen LogP contribution in [0.1, 0.15) is 17.4 Å². The first-order chi connectivity index (χ1) is 12.6. The minimum atomic E-state index is -0.647. The van der Waals surface area contributed by atoms with Crippen LogP contribution in [0, 0.1) is 5.82 Å². The molecule has 26 heavy (non-hydrogen) atoms. The van der Waals surface area contributed by atoms with Crippen molar-refractivity contribution in [1.82, 2.24) is 4.98 Å². The van der Waals surface area contributed by atoms with Gasteiger partial charge in [-0.1, -0.05) is 0 Å². The summed E-state index contributed by atoms with van der Waals surface area (Å²) in [5, 5.41) is 6.21. The molecular formula is C18H15FN2O3S2. The first kappa shape index (κ1) is 18.2. The summed E-state index contributed by atoms with van der Waals surface area (Å²) in [4.78, 5) is 30.1. The Balaban J connectivity index is 1.61. The number of amides is 1. The molecule has 134 valence electrons. The number of carbonyl (C=O) groups is 2. The van der Waals surface area contributed by atoms with Crippen LogP contribution in [0.25, 0.3) is 10.6 Å². The fraction of sp³-hybridized carbons (Fsp3) is 0.167. The Morgan fingerprint density at radius 3 is 2.62 bits per heavy atom. The number of carbonyl (C=O) groups excluding carboxylic acids is 2. The standard InChI is InChI=1S/C18H15FN2O3S2/c1-2-21(14-5-3-13(19)4-6-14)16(22)9-24-18(23)15-11-26-17(20-15)12-7-8-25-10-12/h3-8,10-11H,2,9H2,1H3. The van der Waals surface area contributed by atoms with Crippen molar-refractivity contribution in [2.24, 2.45) is 0 Å². The van der Waals surface area contributed by atoms with Gasteiger partial charge in [-0.05, 0) is 42.6 Å². The van der Waals surface area contributed by atoms with Crippen LogP contribution in [0.3, 0.4) is 0 Å². The van der Waals surface area contributed by atoms with E-state index in [0.717, 1.165) is 10.6 Å². The molecule has 5 nitrogen and oxygen atoms in total. The number of hydrogen-bond acceptors (Lipinski definition) is 6. The lowest BCUT2D eigenvalue weighted by atomic mass is 10.2. The predicted octanol–water partition coefficient (Wildman–Crippen LogP) is 4.22. The molecule has 2 aromatic heterocycles. The van der Waals surface area contributed by atoms with Gasteiger partial charge in [-0.2, -0.15) is 11.3 Å². The second-order valence-corrected chi connectivity index (χ2v) is 6.88. The molecule has 0 bridgehead atoms. The number of anilines is 1. The molecule has 0 aliphatic rings. The number of likely N-dealkylation sites (N-methyl/N-ethyl adjacent to an activating group) is 1. The largest absolute Gasteiger partial charge is 0.451 e. The van der Waals surface area contributed by atoms with Crippen molar-refractivity contribution in [2.75, 3.05) is 18.1 Å². The Labute approximate surface area is 157 Å². The summed E-state index contributed by atoms with van der Waals surface area (Å²) in [6.45, 7) is 1.76.